The van der Waals surface area contributed by atoms with Crippen molar-refractivity contribution in [2.24, 2.45) is 0 Å². The predicted molar refractivity (Wildman–Crippen MR) is 112 cm³/mol. The molecule has 0 unspecified atom stereocenters. The lowest BCUT2D eigenvalue weighted by Gasteiger charge is -2.26. The van der Waals surface area contributed by atoms with Crippen molar-refractivity contribution in [1.82, 2.24) is 24.6 Å². The summed E-state index contributed by atoms with van der Waals surface area (Å²) in [5, 5.41) is 4.56. The van der Waals surface area contributed by atoms with Crippen molar-refractivity contribution >= 4 is 5.91 Å². The van der Waals surface area contributed by atoms with Gasteiger partial charge in [0.1, 0.15) is 0 Å². The lowest BCUT2D eigenvalue weighted by Crippen LogP contribution is -2.36. The molecule has 0 bridgehead atoms. The van der Waals surface area contributed by atoms with Gasteiger partial charge in [0, 0.05) is 30.8 Å². The molecular weight excluding hydrogens is 394 g/mol. The Bertz CT molecular complexity index is 1150. The van der Waals surface area contributed by atoms with E-state index in [0.29, 0.717) is 23.2 Å². The van der Waals surface area contributed by atoms with E-state index in [1.54, 1.807) is 17.1 Å². The molecule has 8 heteroatoms. The summed E-state index contributed by atoms with van der Waals surface area (Å²) in [6, 6.07) is 7.62. The van der Waals surface area contributed by atoms with E-state index >= 15 is 0 Å². The first-order valence-corrected chi connectivity index (χ1v) is 10.9. The van der Waals surface area contributed by atoms with E-state index in [0.717, 1.165) is 61.5 Å². The number of rotatable bonds is 4. The third kappa shape index (κ3) is 3.32. The van der Waals surface area contributed by atoms with E-state index in [-0.39, 0.29) is 12.7 Å². The third-order valence-electron chi connectivity index (χ3n) is 6.14. The second kappa shape index (κ2) is 7.37. The molecule has 4 heterocycles. The van der Waals surface area contributed by atoms with Gasteiger partial charge in [-0.05, 0) is 56.4 Å². The third-order valence-corrected chi connectivity index (χ3v) is 6.14. The normalized spacial score (nSPS) is 17.7. The number of carbonyl (C=O) groups is 1. The van der Waals surface area contributed by atoms with Crippen LogP contribution in [0.3, 0.4) is 0 Å². The molecule has 2 fully saturated rings. The summed E-state index contributed by atoms with van der Waals surface area (Å²) in [4.78, 5) is 24.4. The molecular formula is C23H23N5O3. The molecule has 3 aromatic rings. The molecule has 1 saturated carbocycles. The van der Waals surface area contributed by atoms with Crippen LogP contribution in [0.2, 0.25) is 0 Å². The monoisotopic (exact) mass is 417 g/mol. The van der Waals surface area contributed by atoms with Crippen LogP contribution in [0.15, 0.2) is 36.7 Å². The Hall–Kier alpha value is -3.42. The highest BCUT2D eigenvalue weighted by Gasteiger charge is 2.35. The molecule has 31 heavy (non-hydrogen) atoms. The lowest BCUT2D eigenvalue weighted by molar-refractivity contribution is 0.0723. The van der Waals surface area contributed by atoms with Crippen LogP contribution in [-0.4, -0.2) is 50.4 Å². The molecule has 0 spiro atoms. The largest absolute Gasteiger partial charge is 0.454 e. The Labute approximate surface area is 179 Å². The van der Waals surface area contributed by atoms with Crippen molar-refractivity contribution in [3.05, 3.63) is 47.9 Å². The number of ether oxygens (including phenoxy) is 2. The molecule has 2 aromatic heterocycles. The number of likely N-dealkylation sites (tertiary alicyclic amines) is 1. The molecule has 1 aliphatic carbocycles. The SMILES string of the molecule is O=C(c1cnn(-c2nccc(-c3ccc4c(c3)OCO4)n2)c1C1CC1)N1CCCCC1. The number of nitrogens with zero attached hydrogens (tertiary/aromatic N) is 5. The van der Waals surface area contributed by atoms with Crippen LogP contribution in [0.25, 0.3) is 17.2 Å². The van der Waals surface area contributed by atoms with Gasteiger partial charge in [0.2, 0.25) is 6.79 Å². The smallest absolute Gasteiger partial charge is 0.257 e. The standard InChI is InChI=1S/C23H23N5O3/c29-22(27-10-2-1-3-11-27)17-13-25-28(21(17)15-4-5-15)23-24-9-8-18(26-23)16-6-7-19-20(12-16)31-14-30-19/h6-9,12-13,15H,1-5,10-11,14H2. The summed E-state index contributed by atoms with van der Waals surface area (Å²) in [7, 11) is 0. The first kappa shape index (κ1) is 18.4. The van der Waals surface area contributed by atoms with Crippen LogP contribution in [0, 0.1) is 0 Å². The Morgan fingerprint density at radius 2 is 1.87 bits per heavy atom. The maximum Gasteiger partial charge on any atom is 0.257 e. The van der Waals surface area contributed by atoms with E-state index in [1.807, 2.05) is 29.2 Å². The fraction of sp³-hybridized carbons (Fsp3) is 0.391. The summed E-state index contributed by atoms with van der Waals surface area (Å²) in [6.45, 7) is 1.88. The summed E-state index contributed by atoms with van der Waals surface area (Å²) < 4.78 is 12.7. The van der Waals surface area contributed by atoms with Gasteiger partial charge in [0.25, 0.3) is 11.9 Å². The Kier molecular flexibility index (Phi) is 4.36. The molecule has 0 N–H and O–H groups in total. The number of piperidine rings is 1. The molecule has 0 atom stereocenters. The van der Waals surface area contributed by atoms with Crippen LogP contribution >= 0.6 is 0 Å². The second-order valence-electron chi connectivity index (χ2n) is 8.29. The minimum Gasteiger partial charge on any atom is -0.454 e. The van der Waals surface area contributed by atoms with Gasteiger partial charge in [-0.15, -0.1) is 0 Å². The van der Waals surface area contributed by atoms with E-state index < -0.39 is 0 Å². The summed E-state index contributed by atoms with van der Waals surface area (Å²) >= 11 is 0. The van der Waals surface area contributed by atoms with Crippen molar-refractivity contribution in [2.75, 3.05) is 19.9 Å². The minimum absolute atomic E-state index is 0.0831. The van der Waals surface area contributed by atoms with Gasteiger partial charge in [-0.1, -0.05) is 0 Å². The average molecular weight is 417 g/mol. The van der Waals surface area contributed by atoms with Crippen molar-refractivity contribution in [2.45, 2.75) is 38.0 Å². The number of aromatic nitrogens is 4. The number of hydrogen-bond acceptors (Lipinski definition) is 6. The fourth-order valence-corrected chi connectivity index (χ4v) is 4.37. The zero-order valence-corrected chi connectivity index (χ0v) is 17.2. The number of amides is 1. The first-order valence-electron chi connectivity index (χ1n) is 10.9. The zero-order valence-electron chi connectivity index (χ0n) is 17.2. The number of fused-ring (bicyclic) bond motifs is 1. The van der Waals surface area contributed by atoms with Crippen LogP contribution < -0.4 is 9.47 Å². The molecule has 1 saturated heterocycles. The number of hydrogen-bond donors (Lipinski definition) is 0. The Morgan fingerprint density at radius 1 is 1.03 bits per heavy atom. The second-order valence-corrected chi connectivity index (χ2v) is 8.29. The van der Waals surface area contributed by atoms with E-state index in [1.165, 1.54) is 6.42 Å². The summed E-state index contributed by atoms with van der Waals surface area (Å²) in [6.07, 6.45) is 8.88. The van der Waals surface area contributed by atoms with Gasteiger partial charge in [-0.25, -0.2) is 14.6 Å². The van der Waals surface area contributed by atoms with Gasteiger partial charge >= 0.3 is 0 Å². The molecule has 6 rings (SSSR count). The first-order chi connectivity index (χ1) is 15.3. The molecule has 0 radical (unpaired) electrons. The van der Waals surface area contributed by atoms with Crippen LogP contribution in [-0.2, 0) is 0 Å². The van der Waals surface area contributed by atoms with E-state index in [2.05, 4.69) is 10.1 Å². The van der Waals surface area contributed by atoms with Crippen LogP contribution in [0.5, 0.6) is 11.5 Å². The highest BCUT2D eigenvalue weighted by atomic mass is 16.7. The molecule has 1 aromatic carbocycles. The Balaban J connectivity index is 1.36. The highest BCUT2D eigenvalue weighted by molar-refractivity contribution is 5.95. The van der Waals surface area contributed by atoms with Crippen molar-refractivity contribution in [3.8, 4) is 28.7 Å². The maximum atomic E-state index is 13.2. The van der Waals surface area contributed by atoms with Crippen LogP contribution in [0.4, 0.5) is 0 Å². The van der Waals surface area contributed by atoms with E-state index in [4.69, 9.17) is 14.5 Å². The summed E-state index contributed by atoms with van der Waals surface area (Å²) in [5.74, 6) is 2.35. The molecule has 3 aliphatic rings. The highest BCUT2D eigenvalue weighted by Crippen LogP contribution is 2.43. The molecule has 8 nitrogen and oxygen atoms in total. The van der Waals surface area contributed by atoms with Crippen molar-refractivity contribution in [1.29, 1.82) is 0 Å². The van der Waals surface area contributed by atoms with E-state index in [9.17, 15) is 4.79 Å². The van der Waals surface area contributed by atoms with Gasteiger partial charge in [0.15, 0.2) is 11.5 Å². The van der Waals surface area contributed by atoms with Gasteiger partial charge in [-0.2, -0.15) is 5.10 Å². The van der Waals surface area contributed by atoms with Gasteiger partial charge < -0.3 is 14.4 Å². The van der Waals surface area contributed by atoms with Crippen LogP contribution in [0.1, 0.15) is 54.1 Å². The number of carbonyl (C=O) groups excluding carboxylic acids is 1. The molecule has 2 aliphatic heterocycles. The van der Waals surface area contributed by atoms with Gasteiger partial charge in [0.05, 0.1) is 23.1 Å². The number of benzene rings is 1. The lowest BCUT2D eigenvalue weighted by atomic mass is 10.1. The molecule has 1 amide bonds. The fourth-order valence-electron chi connectivity index (χ4n) is 4.37. The van der Waals surface area contributed by atoms with Gasteiger partial charge in [-0.3, -0.25) is 4.79 Å². The predicted octanol–water partition coefficient (Wildman–Crippen LogP) is 3.56. The van der Waals surface area contributed by atoms with Crippen molar-refractivity contribution in [3.63, 3.8) is 0 Å². The quantitative estimate of drug-likeness (QED) is 0.646. The average Bonchev–Trinajstić information content (AvgIpc) is 3.39. The minimum atomic E-state index is 0.0831. The maximum absolute atomic E-state index is 13.2. The molecule has 158 valence electrons. The zero-order chi connectivity index (χ0) is 20.8. The Morgan fingerprint density at radius 3 is 2.71 bits per heavy atom. The topological polar surface area (TPSA) is 82.4 Å². The summed E-state index contributed by atoms with van der Waals surface area (Å²) in [5.41, 5.74) is 3.32. The van der Waals surface area contributed by atoms with Crippen molar-refractivity contribution < 1.29 is 14.3 Å².